The fourth-order valence-electron chi connectivity index (χ4n) is 2.02. The third-order valence-electron chi connectivity index (χ3n) is 3.34. The molecule has 0 aliphatic rings. The van der Waals surface area contributed by atoms with Crippen molar-refractivity contribution in [2.45, 2.75) is 73.6 Å². The molecular weight excluding hydrogens is 374 g/mol. The third-order valence-corrected chi connectivity index (χ3v) is 8.02. The van der Waals surface area contributed by atoms with Gasteiger partial charge in [-0.1, -0.05) is 0 Å². The second-order valence-electron chi connectivity index (χ2n) is 5.34. The van der Waals surface area contributed by atoms with Gasteiger partial charge in [0.1, 0.15) is 0 Å². The van der Waals surface area contributed by atoms with Crippen molar-refractivity contribution < 1.29 is 0 Å². The molecule has 0 aliphatic carbocycles. The van der Waals surface area contributed by atoms with Crippen LogP contribution in [0.1, 0.15) is 63.5 Å². The predicted molar refractivity (Wildman–Crippen MR) is 94.0 cm³/mol. The van der Waals surface area contributed by atoms with E-state index in [1.807, 2.05) is 0 Å². The van der Waals surface area contributed by atoms with E-state index in [0.717, 1.165) is 29.9 Å². The Balaban J connectivity index is 2.13. The predicted octanol–water partition coefficient (Wildman–Crippen LogP) is 5.31. The minimum atomic E-state index is 0.820. The molecule has 1 aromatic rings. The zero-order valence-corrected chi connectivity index (χ0v) is 16.6. The van der Waals surface area contributed by atoms with Crippen LogP contribution < -0.4 is 0 Å². The van der Waals surface area contributed by atoms with Crippen molar-refractivity contribution in [1.29, 1.82) is 0 Å². The Labute approximate surface area is 138 Å². The summed E-state index contributed by atoms with van der Waals surface area (Å²) in [7, 11) is 0. The Morgan fingerprint density at radius 1 is 0.650 bits per heavy atom. The van der Waals surface area contributed by atoms with Crippen LogP contribution in [0.15, 0.2) is 24.3 Å². The number of unbranched alkanes of at least 4 members (excludes halogenated alkanes) is 4. The molecule has 1 rings (SSSR count). The molecule has 2 heteroatoms. The summed E-state index contributed by atoms with van der Waals surface area (Å²) >= 11 is 1.64. The van der Waals surface area contributed by atoms with Crippen LogP contribution in [0.4, 0.5) is 0 Å². The van der Waals surface area contributed by atoms with Gasteiger partial charge in [-0.15, -0.1) is 0 Å². The van der Waals surface area contributed by atoms with E-state index in [9.17, 15) is 0 Å². The number of hydrogen-bond donors (Lipinski definition) is 0. The van der Waals surface area contributed by atoms with Gasteiger partial charge < -0.3 is 0 Å². The molecule has 0 atom stereocenters. The van der Waals surface area contributed by atoms with Crippen molar-refractivity contribution in [2.75, 3.05) is 0 Å². The van der Waals surface area contributed by atoms with Gasteiger partial charge in [0.15, 0.2) is 0 Å². The number of rotatable bonds is 12. The van der Waals surface area contributed by atoms with Crippen molar-refractivity contribution in [3.8, 4) is 0 Å². The van der Waals surface area contributed by atoms with Crippen LogP contribution in [0.25, 0.3) is 0 Å². The fraction of sp³-hybridized carbons (Fsp3) is 0.667. The molecule has 0 aliphatic heterocycles. The molecule has 1 aromatic carbocycles. The van der Waals surface area contributed by atoms with E-state index in [2.05, 4.69) is 38.1 Å². The molecule has 0 aromatic heterocycles. The Hall–Kier alpha value is 0.259. The first-order chi connectivity index (χ1) is 9.86. The van der Waals surface area contributed by atoms with Gasteiger partial charge in [0, 0.05) is 0 Å². The van der Waals surface area contributed by atoms with E-state index < -0.39 is 0 Å². The maximum atomic E-state index is 2.37. The van der Waals surface area contributed by atoms with E-state index in [1.165, 1.54) is 59.8 Å². The second-order valence-corrected chi connectivity index (χ2v) is 9.97. The van der Waals surface area contributed by atoms with E-state index >= 15 is 0 Å². The molecule has 0 radical (unpaired) electrons. The van der Waals surface area contributed by atoms with Crippen molar-refractivity contribution in [3.63, 3.8) is 0 Å². The van der Waals surface area contributed by atoms with Crippen LogP contribution in [0.3, 0.4) is 0 Å². The van der Waals surface area contributed by atoms with Crippen LogP contribution in [-0.2, 0) is 10.6 Å². The molecular formula is C18H30Se2. The van der Waals surface area contributed by atoms with Crippen molar-refractivity contribution in [3.05, 3.63) is 35.4 Å². The standard InChI is InChI=1S/C18H30Se2/c1-3-5-7-13-19-15-17-9-11-18(12-10-17)16-20-14-8-6-4-2/h9-12H,3-8,13-16H2,1-2H3. The van der Waals surface area contributed by atoms with Gasteiger partial charge in [-0.2, -0.15) is 0 Å². The second kappa shape index (κ2) is 13.0. The van der Waals surface area contributed by atoms with Crippen LogP contribution in [-0.4, -0.2) is 29.9 Å². The molecule has 0 N–H and O–H groups in total. The summed E-state index contributed by atoms with van der Waals surface area (Å²) in [6.07, 6.45) is 8.42. The summed E-state index contributed by atoms with van der Waals surface area (Å²) in [5.41, 5.74) is 3.12. The summed E-state index contributed by atoms with van der Waals surface area (Å²) in [6.45, 7) is 4.57. The molecule has 20 heavy (non-hydrogen) atoms. The van der Waals surface area contributed by atoms with Crippen molar-refractivity contribution in [2.24, 2.45) is 0 Å². The van der Waals surface area contributed by atoms with E-state index in [-0.39, 0.29) is 0 Å². The molecule has 0 spiro atoms. The topological polar surface area (TPSA) is 0 Å². The fourth-order valence-corrected chi connectivity index (χ4v) is 6.14. The number of benzene rings is 1. The van der Waals surface area contributed by atoms with Gasteiger partial charge in [-0.3, -0.25) is 0 Å². The molecule has 0 fully saturated rings. The SMILES string of the molecule is CCCCC[Se]Cc1ccc(C[Se]CCCCC)cc1. The average molecular weight is 404 g/mol. The summed E-state index contributed by atoms with van der Waals surface area (Å²) in [6, 6.07) is 9.50. The monoisotopic (exact) mass is 406 g/mol. The van der Waals surface area contributed by atoms with Crippen molar-refractivity contribution >= 4 is 29.9 Å². The zero-order valence-electron chi connectivity index (χ0n) is 13.2. The average Bonchev–Trinajstić information content (AvgIpc) is 2.48. The normalized spacial score (nSPS) is 10.9. The maximum absolute atomic E-state index is 2.37. The molecule has 0 amide bonds. The first-order valence-electron chi connectivity index (χ1n) is 8.10. The van der Waals surface area contributed by atoms with Crippen LogP contribution in [0, 0.1) is 0 Å². The van der Waals surface area contributed by atoms with E-state index in [4.69, 9.17) is 0 Å². The first kappa shape index (κ1) is 18.3. The zero-order chi connectivity index (χ0) is 14.5. The Morgan fingerprint density at radius 3 is 1.40 bits per heavy atom. The van der Waals surface area contributed by atoms with Gasteiger partial charge in [-0.25, -0.2) is 0 Å². The minimum absolute atomic E-state index is 0.820. The molecule has 0 heterocycles. The Morgan fingerprint density at radius 2 is 1.05 bits per heavy atom. The summed E-state index contributed by atoms with van der Waals surface area (Å²) in [5, 5.41) is 5.59. The van der Waals surface area contributed by atoms with Gasteiger partial charge in [-0.05, 0) is 0 Å². The summed E-state index contributed by atoms with van der Waals surface area (Å²) in [4.78, 5) is 0. The molecule has 0 bridgehead atoms. The first-order valence-corrected chi connectivity index (χ1v) is 12.9. The third kappa shape index (κ3) is 9.24. The van der Waals surface area contributed by atoms with Crippen LogP contribution >= 0.6 is 0 Å². The van der Waals surface area contributed by atoms with Crippen LogP contribution in [0.5, 0.6) is 0 Å². The Kier molecular flexibility index (Phi) is 11.9. The van der Waals surface area contributed by atoms with Gasteiger partial charge in [0.2, 0.25) is 0 Å². The number of hydrogen-bond acceptors (Lipinski definition) is 0. The van der Waals surface area contributed by atoms with Gasteiger partial charge >= 0.3 is 139 Å². The van der Waals surface area contributed by atoms with E-state index in [1.54, 1.807) is 11.1 Å². The van der Waals surface area contributed by atoms with Crippen molar-refractivity contribution in [1.82, 2.24) is 0 Å². The molecule has 0 nitrogen and oxygen atoms in total. The quantitative estimate of drug-likeness (QED) is 0.327. The van der Waals surface area contributed by atoms with E-state index in [0.29, 0.717) is 0 Å². The molecule has 0 saturated heterocycles. The summed E-state index contributed by atoms with van der Waals surface area (Å²) in [5.74, 6) is 0. The van der Waals surface area contributed by atoms with Gasteiger partial charge in [0.25, 0.3) is 0 Å². The molecule has 0 unspecified atom stereocenters. The Bertz CT molecular complexity index is 286. The van der Waals surface area contributed by atoms with Gasteiger partial charge in [0.05, 0.1) is 0 Å². The van der Waals surface area contributed by atoms with Crippen LogP contribution in [0.2, 0.25) is 10.6 Å². The molecule has 114 valence electrons. The summed E-state index contributed by atoms with van der Waals surface area (Å²) < 4.78 is 0. The molecule has 0 saturated carbocycles.